The van der Waals surface area contributed by atoms with Crippen LogP contribution in [0.25, 0.3) is 0 Å². The van der Waals surface area contributed by atoms with E-state index in [0.29, 0.717) is 38.4 Å². The minimum atomic E-state index is -0.0281. The molecule has 0 aromatic carbocycles. The molecular formula is C10H19N3O2. The van der Waals surface area contributed by atoms with E-state index < -0.39 is 0 Å². The van der Waals surface area contributed by atoms with E-state index in [4.69, 9.17) is 5.73 Å². The van der Waals surface area contributed by atoms with E-state index in [1.54, 1.807) is 0 Å². The second-order valence-corrected chi connectivity index (χ2v) is 3.83. The van der Waals surface area contributed by atoms with Crippen molar-refractivity contribution in [2.45, 2.75) is 38.1 Å². The van der Waals surface area contributed by atoms with Crippen LogP contribution in [0.5, 0.6) is 0 Å². The number of nitrogens with two attached hydrogens (primary N) is 1. The molecule has 1 aliphatic carbocycles. The average molecular weight is 213 g/mol. The number of hydrogen-bond acceptors (Lipinski definition) is 3. The van der Waals surface area contributed by atoms with Gasteiger partial charge in [-0.05, 0) is 25.8 Å². The summed E-state index contributed by atoms with van der Waals surface area (Å²) >= 11 is 0. The molecule has 0 aromatic rings. The Hall–Kier alpha value is -1.10. The highest BCUT2D eigenvalue weighted by Gasteiger charge is 2.22. The summed E-state index contributed by atoms with van der Waals surface area (Å²) in [7, 11) is 0. The molecule has 0 aromatic heterocycles. The van der Waals surface area contributed by atoms with Gasteiger partial charge in [0.1, 0.15) is 0 Å². The molecule has 5 nitrogen and oxygen atoms in total. The van der Waals surface area contributed by atoms with Crippen molar-refractivity contribution in [1.82, 2.24) is 10.6 Å². The summed E-state index contributed by atoms with van der Waals surface area (Å²) in [6.07, 6.45) is 3.69. The molecule has 0 spiro atoms. The van der Waals surface area contributed by atoms with Gasteiger partial charge in [-0.1, -0.05) is 0 Å². The SMILES string of the molecule is NCCCC(=O)NCCC(=O)NC1CC1. The van der Waals surface area contributed by atoms with Gasteiger partial charge in [0, 0.05) is 25.4 Å². The summed E-state index contributed by atoms with van der Waals surface area (Å²) in [5.74, 6) is -0.00343. The Bertz CT molecular complexity index is 227. The maximum atomic E-state index is 11.2. The van der Waals surface area contributed by atoms with E-state index in [2.05, 4.69) is 10.6 Å². The van der Waals surface area contributed by atoms with Crippen molar-refractivity contribution >= 4 is 11.8 Å². The van der Waals surface area contributed by atoms with Gasteiger partial charge in [-0.25, -0.2) is 0 Å². The van der Waals surface area contributed by atoms with Crippen molar-refractivity contribution in [1.29, 1.82) is 0 Å². The first kappa shape index (κ1) is 12.0. The number of amides is 2. The summed E-state index contributed by atoms with van der Waals surface area (Å²) < 4.78 is 0. The van der Waals surface area contributed by atoms with Gasteiger partial charge in [-0.15, -0.1) is 0 Å². The molecule has 0 heterocycles. The Labute approximate surface area is 89.8 Å². The van der Waals surface area contributed by atoms with Gasteiger partial charge in [-0.3, -0.25) is 9.59 Å². The van der Waals surface area contributed by atoms with Gasteiger partial charge < -0.3 is 16.4 Å². The number of carbonyl (C=O) groups is 2. The van der Waals surface area contributed by atoms with Gasteiger partial charge in [0.05, 0.1) is 0 Å². The lowest BCUT2D eigenvalue weighted by Crippen LogP contribution is -2.31. The van der Waals surface area contributed by atoms with Crippen LogP contribution in [0, 0.1) is 0 Å². The maximum Gasteiger partial charge on any atom is 0.221 e. The quantitative estimate of drug-likeness (QED) is 0.533. The highest BCUT2D eigenvalue weighted by Crippen LogP contribution is 2.18. The molecule has 0 radical (unpaired) electrons. The fourth-order valence-corrected chi connectivity index (χ4v) is 1.19. The van der Waals surface area contributed by atoms with Crippen LogP contribution in [0.3, 0.4) is 0 Å². The first-order valence-corrected chi connectivity index (χ1v) is 5.48. The molecular weight excluding hydrogens is 194 g/mol. The molecule has 1 aliphatic rings. The third-order valence-corrected chi connectivity index (χ3v) is 2.22. The fourth-order valence-electron chi connectivity index (χ4n) is 1.19. The normalized spacial score (nSPS) is 14.7. The monoisotopic (exact) mass is 213 g/mol. The van der Waals surface area contributed by atoms with E-state index in [0.717, 1.165) is 12.8 Å². The molecule has 86 valence electrons. The molecule has 1 saturated carbocycles. The third-order valence-electron chi connectivity index (χ3n) is 2.22. The van der Waals surface area contributed by atoms with Gasteiger partial charge in [0.15, 0.2) is 0 Å². The fraction of sp³-hybridized carbons (Fsp3) is 0.800. The van der Waals surface area contributed by atoms with E-state index >= 15 is 0 Å². The highest BCUT2D eigenvalue weighted by atomic mass is 16.2. The lowest BCUT2D eigenvalue weighted by atomic mass is 10.3. The zero-order chi connectivity index (χ0) is 11.1. The first-order chi connectivity index (χ1) is 7.22. The van der Waals surface area contributed by atoms with Crippen molar-refractivity contribution in [3.63, 3.8) is 0 Å². The van der Waals surface area contributed by atoms with Crippen LogP contribution in [0.15, 0.2) is 0 Å². The second kappa shape index (κ2) is 6.40. The minimum Gasteiger partial charge on any atom is -0.356 e. The lowest BCUT2D eigenvalue weighted by Gasteiger charge is -2.05. The van der Waals surface area contributed by atoms with Gasteiger partial charge >= 0.3 is 0 Å². The van der Waals surface area contributed by atoms with Crippen molar-refractivity contribution in [2.75, 3.05) is 13.1 Å². The summed E-state index contributed by atoms with van der Waals surface area (Å²) in [5, 5.41) is 5.55. The molecule has 1 rings (SSSR count). The van der Waals surface area contributed by atoms with Crippen molar-refractivity contribution < 1.29 is 9.59 Å². The third kappa shape index (κ3) is 6.06. The zero-order valence-corrected chi connectivity index (χ0v) is 8.92. The van der Waals surface area contributed by atoms with Crippen LogP contribution in [-0.2, 0) is 9.59 Å². The number of hydrogen-bond donors (Lipinski definition) is 3. The van der Waals surface area contributed by atoms with Gasteiger partial charge in [0.25, 0.3) is 0 Å². The van der Waals surface area contributed by atoms with E-state index in [-0.39, 0.29) is 11.8 Å². The van der Waals surface area contributed by atoms with E-state index in [9.17, 15) is 9.59 Å². The summed E-state index contributed by atoms with van der Waals surface area (Å²) in [6.45, 7) is 0.942. The topological polar surface area (TPSA) is 84.2 Å². The number of carbonyl (C=O) groups excluding carboxylic acids is 2. The first-order valence-electron chi connectivity index (χ1n) is 5.48. The smallest absolute Gasteiger partial charge is 0.221 e. The van der Waals surface area contributed by atoms with E-state index in [1.165, 1.54) is 0 Å². The maximum absolute atomic E-state index is 11.2. The average Bonchev–Trinajstić information content (AvgIpc) is 2.98. The molecule has 15 heavy (non-hydrogen) atoms. The highest BCUT2D eigenvalue weighted by molar-refractivity contribution is 5.79. The molecule has 0 atom stereocenters. The molecule has 0 saturated heterocycles. The predicted molar refractivity (Wildman–Crippen MR) is 57.1 cm³/mol. The Kier molecular flexibility index (Phi) is 5.10. The van der Waals surface area contributed by atoms with Crippen LogP contribution < -0.4 is 16.4 Å². The molecule has 1 fully saturated rings. The Morgan fingerprint density at radius 3 is 2.53 bits per heavy atom. The van der Waals surface area contributed by atoms with Crippen LogP contribution in [0.4, 0.5) is 0 Å². The van der Waals surface area contributed by atoms with Crippen molar-refractivity contribution in [3.05, 3.63) is 0 Å². The Morgan fingerprint density at radius 2 is 1.93 bits per heavy atom. The van der Waals surface area contributed by atoms with Gasteiger partial charge in [0.2, 0.25) is 11.8 Å². The second-order valence-electron chi connectivity index (χ2n) is 3.83. The van der Waals surface area contributed by atoms with Crippen LogP contribution in [-0.4, -0.2) is 30.9 Å². The predicted octanol–water partition coefficient (Wildman–Crippen LogP) is -0.490. The lowest BCUT2D eigenvalue weighted by molar-refractivity contribution is -0.122. The standard InChI is InChI=1S/C10H19N3O2/c11-6-1-2-9(14)12-7-5-10(15)13-8-3-4-8/h8H,1-7,11H2,(H,12,14)(H,13,15). The Balaban J connectivity index is 1.94. The molecule has 4 N–H and O–H groups in total. The molecule has 0 unspecified atom stereocenters. The minimum absolute atomic E-state index is 0.0247. The molecule has 0 aliphatic heterocycles. The van der Waals surface area contributed by atoms with Crippen LogP contribution in [0.2, 0.25) is 0 Å². The molecule has 2 amide bonds. The summed E-state index contributed by atoms with van der Waals surface area (Å²) in [5.41, 5.74) is 5.27. The summed E-state index contributed by atoms with van der Waals surface area (Å²) in [4.78, 5) is 22.3. The zero-order valence-electron chi connectivity index (χ0n) is 8.92. The van der Waals surface area contributed by atoms with Crippen molar-refractivity contribution in [2.24, 2.45) is 5.73 Å². The Morgan fingerprint density at radius 1 is 1.20 bits per heavy atom. The number of nitrogens with one attached hydrogen (secondary N) is 2. The van der Waals surface area contributed by atoms with Crippen LogP contribution >= 0.6 is 0 Å². The van der Waals surface area contributed by atoms with Crippen LogP contribution in [0.1, 0.15) is 32.1 Å². The van der Waals surface area contributed by atoms with Crippen molar-refractivity contribution in [3.8, 4) is 0 Å². The van der Waals surface area contributed by atoms with Gasteiger partial charge in [-0.2, -0.15) is 0 Å². The largest absolute Gasteiger partial charge is 0.356 e. The molecule has 0 bridgehead atoms. The molecule has 5 heteroatoms. The van der Waals surface area contributed by atoms with E-state index in [1.807, 2.05) is 0 Å². The number of rotatable bonds is 7. The summed E-state index contributed by atoms with van der Waals surface area (Å²) in [6, 6.07) is 0.394.